The molecular formula is C7H12N2. The molecule has 0 radical (unpaired) electrons. The van der Waals surface area contributed by atoms with Crippen molar-refractivity contribution in [3.8, 4) is 6.07 Å². The molecule has 1 saturated heterocycles. The quantitative estimate of drug-likeness (QED) is 0.521. The summed E-state index contributed by atoms with van der Waals surface area (Å²) < 4.78 is 0. The highest BCUT2D eigenvalue weighted by atomic mass is 15.1. The summed E-state index contributed by atoms with van der Waals surface area (Å²) in [4.78, 5) is 2.27. The van der Waals surface area contributed by atoms with Gasteiger partial charge in [0, 0.05) is 6.04 Å². The summed E-state index contributed by atoms with van der Waals surface area (Å²) in [6.45, 7) is 1.17. The molecule has 0 amide bonds. The van der Waals surface area contributed by atoms with E-state index in [1.807, 2.05) is 0 Å². The summed E-state index contributed by atoms with van der Waals surface area (Å²) in [5, 5.41) is 8.37. The van der Waals surface area contributed by atoms with E-state index < -0.39 is 0 Å². The summed E-state index contributed by atoms with van der Waals surface area (Å²) in [7, 11) is 2.09. The van der Waals surface area contributed by atoms with Crippen LogP contribution in [0.3, 0.4) is 0 Å². The van der Waals surface area contributed by atoms with E-state index in [9.17, 15) is 0 Å². The van der Waals surface area contributed by atoms with Crippen LogP contribution in [0.5, 0.6) is 0 Å². The largest absolute Gasteiger partial charge is 0.302 e. The highest BCUT2D eigenvalue weighted by molar-refractivity contribution is 4.85. The number of nitriles is 1. The highest BCUT2D eigenvalue weighted by Gasteiger charge is 2.19. The van der Waals surface area contributed by atoms with Crippen LogP contribution in [0.25, 0.3) is 0 Å². The van der Waals surface area contributed by atoms with Crippen LogP contribution in [0, 0.1) is 11.3 Å². The van der Waals surface area contributed by atoms with Crippen LogP contribution < -0.4 is 0 Å². The molecule has 1 heterocycles. The third-order valence-electron chi connectivity index (χ3n) is 2.00. The van der Waals surface area contributed by atoms with E-state index in [1.165, 1.54) is 19.4 Å². The van der Waals surface area contributed by atoms with Crippen molar-refractivity contribution in [3.05, 3.63) is 0 Å². The Morgan fingerprint density at radius 2 is 2.56 bits per heavy atom. The lowest BCUT2D eigenvalue weighted by Crippen LogP contribution is -2.23. The molecule has 2 nitrogen and oxygen atoms in total. The Balaban J connectivity index is 2.33. The third kappa shape index (κ3) is 1.43. The number of hydrogen-bond acceptors (Lipinski definition) is 2. The standard InChI is InChI=1S/C7H12N2/c1-9-6-2-3-7(9)4-5-8/h7H,2-4,6H2,1H3/t7-/m0/s1. The van der Waals surface area contributed by atoms with E-state index in [-0.39, 0.29) is 0 Å². The van der Waals surface area contributed by atoms with E-state index in [0.29, 0.717) is 12.5 Å². The van der Waals surface area contributed by atoms with Crippen molar-refractivity contribution in [2.24, 2.45) is 0 Å². The first-order valence-electron chi connectivity index (χ1n) is 3.42. The summed E-state index contributed by atoms with van der Waals surface area (Å²) in [6, 6.07) is 2.75. The Labute approximate surface area is 56.1 Å². The Kier molecular flexibility index (Phi) is 2.07. The van der Waals surface area contributed by atoms with E-state index in [4.69, 9.17) is 5.26 Å². The second-order valence-electron chi connectivity index (χ2n) is 2.64. The fraction of sp³-hybridized carbons (Fsp3) is 0.857. The Bertz CT molecular complexity index is 125. The molecule has 0 aromatic heterocycles. The lowest BCUT2D eigenvalue weighted by atomic mass is 10.2. The zero-order chi connectivity index (χ0) is 6.69. The van der Waals surface area contributed by atoms with Crippen molar-refractivity contribution in [1.82, 2.24) is 4.90 Å². The first kappa shape index (κ1) is 6.57. The van der Waals surface area contributed by atoms with E-state index in [1.54, 1.807) is 0 Å². The molecule has 0 aromatic rings. The fourth-order valence-electron chi connectivity index (χ4n) is 1.34. The van der Waals surface area contributed by atoms with Crippen LogP contribution in [0.4, 0.5) is 0 Å². The van der Waals surface area contributed by atoms with Gasteiger partial charge in [-0.1, -0.05) is 0 Å². The SMILES string of the molecule is CN1CCC[C@H]1CC#N. The van der Waals surface area contributed by atoms with Gasteiger partial charge in [0.15, 0.2) is 0 Å². The predicted octanol–water partition coefficient (Wildman–Crippen LogP) is 0.994. The van der Waals surface area contributed by atoms with E-state index in [2.05, 4.69) is 18.0 Å². The molecule has 1 atom stereocenters. The minimum atomic E-state index is 0.551. The van der Waals surface area contributed by atoms with Crippen LogP contribution >= 0.6 is 0 Å². The predicted molar refractivity (Wildman–Crippen MR) is 35.9 cm³/mol. The van der Waals surface area contributed by atoms with Crippen molar-refractivity contribution in [3.63, 3.8) is 0 Å². The number of hydrogen-bond donors (Lipinski definition) is 0. The average molecular weight is 124 g/mol. The van der Waals surface area contributed by atoms with Crippen LogP contribution in [-0.4, -0.2) is 24.5 Å². The van der Waals surface area contributed by atoms with Crippen LogP contribution in [0.2, 0.25) is 0 Å². The zero-order valence-corrected chi connectivity index (χ0v) is 5.80. The van der Waals surface area contributed by atoms with Gasteiger partial charge in [-0.05, 0) is 26.4 Å². The molecule has 0 aliphatic carbocycles. The zero-order valence-electron chi connectivity index (χ0n) is 5.80. The van der Waals surface area contributed by atoms with Gasteiger partial charge in [0.2, 0.25) is 0 Å². The van der Waals surface area contributed by atoms with E-state index >= 15 is 0 Å². The molecular weight excluding hydrogens is 112 g/mol. The van der Waals surface area contributed by atoms with Gasteiger partial charge in [-0.2, -0.15) is 5.26 Å². The van der Waals surface area contributed by atoms with Gasteiger partial charge < -0.3 is 4.90 Å². The molecule has 1 fully saturated rings. The van der Waals surface area contributed by atoms with Gasteiger partial charge in [0.1, 0.15) is 0 Å². The summed E-state index contributed by atoms with van der Waals surface area (Å²) >= 11 is 0. The smallest absolute Gasteiger partial charge is 0.0638 e. The Morgan fingerprint density at radius 1 is 1.78 bits per heavy atom. The molecule has 1 aliphatic rings. The molecule has 0 bridgehead atoms. The molecule has 1 rings (SSSR count). The Hall–Kier alpha value is -0.550. The van der Waals surface area contributed by atoms with Crippen LogP contribution in [0.1, 0.15) is 19.3 Å². The lowest BCUT2D eigenvalue weighted by Gasteiger charge is -2.14. The first-order chi connectivity index (χ1) is 4.34. The van der Waals surface area contributed by atoms with Crippen molar-refractivity contribution in [2.75, 3.05) is 13.6 Å². The van der Waals surface area contributed by atoms with Gasteiger partial charge >= 0.3 is 0 Å². The highest BCUT2D eigenvalue weighted by Crippen LogP contribution is 2.16. The normalized spacial score (nSPS) is 28.2. The van der Waals surface area contributed by atoms with E-state index in [0.717, 1.165) is 0 Å². The lowest BCUT2D eigenvalue weighted by molar-refractivity contribution is 0.315. The minimum absolute atomic E-state index is 0.551. The molecule has 0 aromatic carbocycles. The average Bonchev–Trinajstić information content (AvgIpc) is 2.18. The second kappa shape index (κ2) is 2.84. The summed E-state index contributed by atoms with van der Waals surface area (Å²) in [5.41, 5.74) is 0. The molecule has 9 heavy (non-hydrogen) atoms. The number of rotatable bonds is 1. The Morgan fingerprint density at radius 3 is 3.00 bits per heavy atom. The van der Waals surface area contributed by atoms with Crippen molar-refractivity contribution in [1.29, 1.82) is 5.26 Å². The van der Waals surface area contributed by atoms with Crippen molar-refractivity contribution < 1.29 is 0 Å². The summed E-state index contributed by atoms with van der Waals surface area (Å²) in [6.07, 6.45) is 3.18. The molecule has 0 unspecified atom stereocenters. The van der Waals surface area contributed by atoms with Crippen molar-refractivity contribution in [2.45, 2.75) is 25.3 Å². The topological polar surface area (TPSA) is 27.0 Å². The number of likely N-dealkylation sites (tertiary alicyclic amines) is 1. The molecule has 50 valence electrons. The fourth-order valence-corrected chi connectivity index (χ4v) is 1.34. The van der Waals surface area contributed by atoms with Crippen LogP contribution in [-0.2, 0) is 0 Å². The third-order valence-corrected chi connectivity index (χ3v) is 2.00. The maximum absolute atomic E-state index is 8.37. The molecule has 0 N–H and O–H groups in total. The van der Waals surface area contributed by atoms with Gasteiger partial charge in [-0.15, -0.1) is 0 Å². The molecule has 1 aliphatic heterocycles. The van der Waals surface area contributed by atoms with Gasteiger partial charge in [0.05, 0.1) is 12.5 Å². The first-order valence-corrected chi connectivity index (χ1v) is 3.42. The monoisotopic (exact) mass is 124 g/mol. The second-order valence-corrected chi connectivity index (χ2v) is 2.64. The van der Waals surface area contributed by atoms with Gasteiger partial charge in [-0.3, -0.25) is 0 Å². The minimum Gasteiger partial charge on any atom is -0.302 e. The maximum atomic E-state index is 8.37. The molecule has 0 saturated carbocycles. The molecule has 0 spiro atoms. The van der Waals surface area contributed by atoms with Gasteiger partial charge in [-0.25, -0.2) is 0 Å². The van der Waals surface area contributed by atoms with Crippen LogP contribution in [0.15, 0.2) is 0 Å². The number of nitrogens with zero attached hydrogens (tertiary/aromatic N) is 2. The maximum Gasteiger partial charge on any atom is 0.0638 e. The molecule has 2 heteroatoms. The van der Waals surface area contributed by atoms with Crippen molar-refractivity contribution >= 4 is 0 Å². The van der Waals surface area contributed by atoms with Gasteiger partial charge in [0.25, 0.3) is 0 Å². The summed E-state index contributed by atoms with van der Waals surface area (Å²) in [5.74, 6) is 0.